The van der Waals surface area contributed by atoms with Crippen LogP contribution >= 0.6 is 22.6 Å². The van der Waals surface area contributed by atoms with Crippen LogP contribution in [0.3, 0.4) is 0 Å². The summed E-state index contributed by atoms with van der Waals surface area (Å²) in [5, 5.41) is 2.63. The Bertz CT molecular complexity index is 777. The van der Waals surface area contributed by atoms with Gasteiger partial charge in [0.15, 0.2) is 0 Å². The van der Waals surface area contributed by atoms with Gasteiger partial charge in [-0.25, -0.2) is 0 Å². The summed E-state index contributed by atoms with van der Waals surface area (Å²) < 4.78 is 1.33. The Hall–Kier alpha value is -1.35. The molecule has 0 spiro atoms. The van der Waals surface area contributed by atoms with Crippen molar-refractivity contribution in [3.05, 3.63) is 69.8 Å². The molecule has 0 nitrogen and oxygen atoms in total. The van der Waals surface area contributed by atoms with Crippen LogP contribution in [0.2, 0.25) is 0 Å². The summed E-state index contributed by atoms with van der Waals surface area (Å²) in [6, 6.07) is 22.0. The lowest BCUT2D eigenvalue weighted by Gasteiger charge is -2.19. The van der Waals surface area contributed by atoms with Gasteiger partial charge in [-0.15, -0.1) is 0 Å². The van der Waals surface area contributed by atoms with Crippen molar-refractivity contribution in [2.75, 3.05) is 0 Å². The van der Waals surface area contributed by atoms with Crippen LogP contribution in [0.15, 0.2) is 60.7 Å². The molecule has 1 heteroatoms. The number of hydrogen-bond donors (Lipinski definition) is 0. The van der Waals surface area contributed by atoms with Crippen molar-refractivity contribution in [1.82, 2.24) is 0 Å². The Morgan fingerprint density at radius 2 is 1.43 bits per heavy atom. The molecule has 0 aliphatic rings. The minimum Gasteiger partial charge on any atom is -0.0616 e. The average Bonchev–Trinajstić information content (AvgIpc) is 2.47. The van der Waals surface area contributed by atoms with E-state index in [0.29, 0.717) is 0 Å². The van der Waals surface area contributed by atoms with Crippen LogP contribution in [-0.2, 0) is 5.41 Å². The second-order valence-corrected chi connectivity index (χ2v) is 7.55. The highest BCUT2D eigenvalue weighted by Crippen LogP contribution is 2.32. The third-order valence-electron chi connectivity index (χ3n) is 3.93. The zero-order chi connectivity index (χ0) is 15.0. The Balaban J connectivity index is 2.10. The molecule has 0 atom stereocenters. The van der Waals surface area contributed by atoms with E-state index >= 15 is 0 Å². The lowest BCUT2D eigenvalue weighted by Crippen LogP contribution is -2.10. The molecule has 21 heavy (non-hydrogen) atoms. The van der Waals surface area contributed by atoms with Crippen LogP contribution in [0.5, 0.6) is 0 Å². The summed E-state index contributed by atoms with van der Waals surface area (Å²) in [4.78, 5) is 0. The molecular formula is C20H19I. The minimum absolute atomic E-state index is 0.203. The van der Waals surface area contributed by atoms with Crippen LogP contribution in [0.4, 0.5) is 0 Å². The summed E-state index contributed by atoms with van der Waals surface area (Å²) in [6.07, 6.45) is 0. The SMILES string of the molecule is CC(C)(C)c1ccc(-c2ccc3ccccc3c2I)cc1. The third kappa shape index (κ3) is 2.84. The van der Waals surface area contributed by atoms with Gasteiger partial charge >= 0.3 is 0 Å². The van der Waals surface area contributed by atoms with Gasteiger partial charge in [-0.05, 0) is 55.5 Å². The number of benzene rings is 3. The van der Waals surface area contributed by atoms with E-state index in [0.717, 1.165) is 0 Å². The second kappa shape index (κ2) is 5.45. The van der Waals surface area contributed by atoms with Crippen molar-refractivity contribution in [3.63, 3.8) is 0 Å². The molecule has 0 amide bonds. The molecule has 0 unspecified atom stereocenters. The van der Waals surface area contributed by atoms with E-state index in [-0.39, 0.29) is 5.41 Å². The molecule has 0 radical (unpaired) electrons. The van der Waals surface area contributed by atoms with Crippen LogP contribution in [0.25, 0.3) is 21.9 Å². The highest BCUT2D eigenvalue weighted by molar-refractivity contribution is 14.1. The van der Waals surface area contributed by atoms with Crippen molar-refractivity contribution >= 4 is 33.4 Å². The molecule has 106 valence electrons. The maximum Gasteiger partial charge on any atom is 0.0287 e. The summed E-state index contributed by atoms with van der Waals surface area (Å²) in [6.45, 7) is 6.76. The number of rotatable bonds is 1. The molecule has 3 aromatic carbocycles. The van der Waals surface area contributed by atoms with E-state index in [1.165, 1.54) is 31.0 Å². The van der Waals surface area contributed by atoms with Crippen molar-refractivity contribution in [2.24, 2.45) is 0 Å². The minimum atomic E-state index is 0.203. The van der Waals surface area contributed by atoms with E-state index < -0.39 is 0 Å². The molecule has 0 saturated carbocycles. The maximum atomic E-state index is 2.47. The lowest BCUT2D eigenvalue weighted by molar-refractivity contribution is 0.590. The van der Waals surface area contributed by atoms with Gasteiger partial charge in [0.1, 0.15) is 0 Å². The largest absolute Gasteiger partial charge is 0.0616 e. The second-order valence-electron chi connectivity index (χ2n) is 6.48. The molecule has 0 saturated heterocycles. The first-order valence-electron chi connectivity index (χ1n) is 7.25. The van der Waals surface area contributed by atoms with Gasteiger partial charge < -0.3 is 0 Å². The predicted molar refractivity (Wildman–Crippen MR) is 101 cm³/mol. The van der Waals surface area contributed by atoms with Crippen LogP contribution in [-0.4, -0.2) is 0 Å². The molecule has 0 aliphatic heterocycles. The van der Waals surface area contributed by atoms with Crippen molar-refractivity contribution < 1.29 is 0 Å². The first kappa shape index (κ1) is 14.6. The van der Waals surface area contributed by atoms with E-state index in [4.69, 9.17) is 0 Å². The normalized spacial score (nSPS) is 11.8. The first-order chi connectivity index (χ1) is 9.97. The van der Waals surface area contributed by atoms with Crippen LogP contribution in [0.1, 0.15) is 26.3 Å². The molecule has 0 bridgehead atoms. The Kier molecular flexibility index (Phi) is 3.78. The molecule has 0 N–H and O–H groups in total. The molecule has 0 heterocycles. The van der Waals surface area contributed by atoms with E-state index in [9.17, 15) is 0 Å². The smallest absolute Gasteiger partial charge is 0.0287 e. The van der Waals surface area contributed by atoms with Crippen molar-refractivity contribution in [2.45, 2.75) is 26.2 Å². The summed E-state index contributed by atoms with van der Waals surface area (Å²) >= 11 is 2.47. The van der Waals surface area contributed by atoms with Gasteiger partial charge in [-0.1, -0.05) is 81.4 Å². The van der Waals surface area contributed by atoms with Crippen molar-refractivity contribution in [1.29, 1.82) is 0 Å². The number of hydrogen-bond acceptors (Lipinski definition) is 0. The highest BCUT2D eigenvalue weighted by Gasteiger charge is 2.14. The van der Waals surface area contributed by atoms with Gasteiger partial charge in [0, 0.05) is 3.57 Å². The molecule has 3 aromatic rings. The molecule has 0 aliphatic carbocycles. The van der Waals surface area contributed by atoms with Crippen LogP contribution < -0.4 is 0 Å². The van der Waals surface area contributed by atoms with Gasteiger partial charge in [-0.3, -0.25) is 0 Å². The van der Waals surface area contributed by atoms with Gasteiger partial charge in [-0.2, -0.15) is 0 Å². The predicted octanol–water partition coefficient (Wildman–Crippen LogP) is 6.41. The fraction of sp³-hybridized carbons (Fsp3) is 0.200. The lowest BCUT2D eigenvalue weighted by atomic mass is 9.86. The van der Waals surface area contributed by atoms with Crippen molar-refractivity contribution in [3.8, 4) is 11.1 Å². The van der Waals surface area contributed by atoms with E-state index in [2.05, 4.69) is 104 Å². The summed E-state index contributed by atoms with van der Waals surface area (Å²) in [5.41, 5.74) is 4.18. The van der Waals surface area contributed by atoms with E-state index in [1.807, 2.05) is 0 Å². The zero-order valence-corrected chi connectivity index (χ0v) is 14.8. The average molecular weight is 386 g/mol. The number of halogens is 1. The zero-order valence-electron chi connectivity index (χ0n) is 12.7. The Morgan fingerprint density at radius 3 is 2.10 bits per heavy atom. The third-order valence-corrected chi connectivity index (χ3v) is 5.09. The fourth-order valence-electron chi connectivity index (χ4n) is 2.61. The molecular weight excluding hydrogens is 367 g/mol. The van der Waals surface area contributed by atoms with Gasteiger partial charge in [0.25, 0.3) is 0 Å². The summed E-state index contributed by atoms with van der Waals surface area (Å²) in [7, 11) is 0. The maximum absolute atomic E-state index is 2.47. The molecule has 3 rings (SSSR count). The van der Waals surface area contributed by atoms with Crippen LogP contribution in [0, 0.1) is 3.57 Å². The van der Waals surface area contributed by atoms with Gasteiger partial charge in [0.05, 0.1) is 0 Å². The van der Waals surface area contributed by atoms with Gasteiger partial charge in [0.2, 0.25) is 0 Å². The highest BCUT2D eigenvalue weighted by atomic mass is 127. The monoisotopic (exact) mass is 386 g/mol. The quantitative estimate of drug-likeness (QED) is 0.424. The standard InChI is InChI=1S/C20H19I/c1-20(2,3)16-11-8-15(9-12-16)18-13-10-14-6-4-5-7-17(14)19(18)21/h4-13H,1-3H3. The van der Waals surface area contributed by atoms with E-state index in [1.54, 1.807) is 0 Å². The Labute approximate surface area is 140 Å². The molecule has 0 fully saturated rings. The number of fused-ring (bicyclic) bond motifs is 1. The summed E-state index contributed by atoms with van der Waals surface area (Å²) in [5.74, 6) is 0. The molecule has 0 aromatic heterocycles. The topological polar surface area (TPSA) is 0 Å². The fourth-order valence-corrected chi connectivity index (χ4v) is 3.59. The Morgan fingerprint density at radius 1 is 0.762 bits per heavy atom. The first-order valence-corrected chi connectivity index (χ1v) is 8.33.